The molecule has 0 aliphatic carbocycles. The standard InChI is InChI=1S/C28H34N4O6S/c1-3-16-39(36,37)32-14-12-31(13-15-32)26(28(34)35)18-29-27(33)21-8-10-23(11-9-21)38-19-22-17-20(2)30-25-7-5-4-6-24(22)25/h4-11,17,26H,3,12-16,18-19H2,1-2H3,(H,29,33)(H,34,35). The molecule has 0 bridgehead atoms. The zero-order valence-electron chi connectivity index (χ0n) is 22.2. The number of aromatic nitrogens is 1. The summed E-state index contributed by atoms with van der Waals surface area (Å²) in [6.45, 7) is 5.04. The van der Waals surface area contributed by atoms with Crippen LogP contribution >= 0.6 is 0 Å². The Hall–Kier alpha value is -3.54. The van der Waals surface area contributed by atoms with Gasteiger partial charge in [-0.3, -0.25) is 19.5 Å². The van der Waals surface area contributed by atoms with Crippen molar-refractivity contribution in [2.24, 2.45) is 0 Å². The Morgan fingerprint density at radius 2 is 1.77 bits per heavy atom. The van der Waals surface area contributed by atoms with Crippen molar-refractivity contribution in [2.45, 2.75) is 32.9 Å². The Labute approximate surface area is 228 Å². The minimum atomic E-state index is -3.32. The molecule has 3 aromatic rings. The minimum Gasteiger partial charge on any atom is -0.489 e. The van der Waals surface area contributed by atoms with Crippen LogP contribution in [0, 0.1) is 6.92 Å². The second kappa shape index (κ2) is 12.5. The van der Waals surface area contributed by atoms with E-state index in [1.165, 1.54) is 4.31 Å². The number of aryl methyl sites for hydroxylation is 1. The molecule has 10 nitrogen and oxygen atoms in total. The van der Waals surface area contributed by atoms with Crippen LogP contribution in [0.1, 0.15) is 35.0 Å². The van der Waals surface area contributed by atoms with E-state index >= 15 is 0 Å². The summed E-state index contributed by atoms with van der Waals surface area (Å²) in [4.78, 5) is 30.9. The molecule has 1 unspecified atom stereocenters. The number of piperazine rings is 1. The van der Waals surface area contributed by atoms with E-state index in [1.54, 1.807) is 29.2 Å². The molecule has 1 aliphatic heterocycles. The number of carbonyl (C=O) groups excluding carboxylic acids is 1. The number of rotatable bonds is 11. The summed E-state index contributed by atoms with van der Waals surface area (Å²) < 4.78 is 32.0. The molecule has 4 rings (SSSR count). The highest BCUT2D eigenvalue weighted by molar-refractivity contribution is 7.89. The number of nitrogens with one attached hydrogen (secondary N) is 1. The normalized spacial score (nSPS) is 15.6. The number of pyridine rings is 1. The number of ether oxygens (including phenoxy) is 1. The van der Waals surface area contributed by atoms with Crippen LogP contribution in [0.15, 0.2) is 54.6 Å². The van der Waals surface area contributed by atoms with Gasteiger partial charge in [-0.15, -0.1) is 0 Å². The highest BCUT2D eigenvalue weighted by atomic mass is 32.2. The quantitative estimate of drug-likeness (QED) is 0.370. The van der Waals surface area contributed by atoms with Gasteiger partial charge >= 0.3 is 5.97 Å². The lowest BCUT2D eigenvalue weighted by Gasteiger charge is -2.37. The number of nitrogens with zero attached hydrogens (tertiary/aromatic N) is 3. The van der Waals surface area contributed by atoms with Gasteiger partial charge in [0.05, 0.1) is 11.3 Å². The number of carboxylic acid groups (broad SMARTS) is 1. The molecule has 1 atom stereocenters. The molecule has 2 aromatic carbocycles. The summed E-state index contributed by atoms with van der Waals surface area (Å²) in [6.07, 6.45) is 0.529. The predicted octanol–water partition coefficient (Wildman–Crippen LogP) is 2.66. The van der Waals surface area contributed by atoms with Gasteiger partial charge in [0.1, 0.15) is 18.4 Å². The zero-order chi connectivity index (χ0) is 28.0. The lowest BCUT2D eigenvalue weighted by molar-refractivity contribution is -0.143. The smallest absolute Gasteiger partial charge is 0.322 e. The molecule has 11 heteroatoms. The molecule has 2 N–H and O–H groups in total. The maximum atomic E-state index is 12.7. The fraction of sp³-hybridized carbons (Fsp3) is 0.393. The van der Waals surface area contributed by atoms with E-state index in [9.17, 15) is 23.1 Å². The minimum absolute atomic E-state index is 0.0789. The summed E-state index contributed by atoms with van der Waals surface area (Å²) in [5.41, 5.74) is 3.21. The number of carboxylic acids is 1. The van der Waals surface area contributed by atoms with Crippen LogP contribution in [0.2, 0.25) is 0 Å². The maximum absolute atomic E-state index is 12.7. The van der Waals surface area contributed by atoms with Gasteiger partial charge in [-0.25, -0.2) is 8.42 Å². The van der Waals surface area contributed by atoms with E-state index in [2.05, 4.69) is 10.3 Å². The molecule has 0 saturated carbocycles. The molecular weight excluding hydrogens is 520 g/mol. The van der Waals surface area contributed by atoms with E-state index in [4.69, 9.17) is 4.74 Å². The molecule has 1 saturated heterocycles. The Morgan fingerprint density at radius 3 is 2.44 bits per heavy atom. The Balaban J connectivity index is 1.31. The number of para-hydroxylation sites is 1. The third-order valence-electron chi connectivity index (χ3n) is 6.75. The number of hydrogen-bond donors (Lipinski definition) is 2. The first-order valence-electron chi connectivity index (χ1n) is 13.0. The average molecular weight is 555 g/mol. The van der Waals surface area contributed by atoms with Gasteiger partial charge in [0, 0.05) is 54.9 Å². The zero-order valence-corrected chi connectivity index (χ0v) is 23.0. The molecule has 2 heterocycles. The number of sulfonamides is 1. The van der Waals surface area contributed by atoms with Crippen LogP contribution in [0.25, 0.3) is 10.9 Å². The van der Waals surface area contributed by atoms with Crippen molar-refractivity contribution < 1.29 is 27.9 Å². The molecule has 1 fully saturated rings. The molecule has 0 radical (unpaired) electrons. The lowest BCUT2D eigenvalue weighted by Crippen LogP contribution is -2.57. The van der Waals surface area contributed by atoms with Crippen LogP contribution in [0.3, 0.4) is 0 Å². The van der Waals surface area contributed by atoms with Gasteiger partial charge in [-0.2, -0.15) is 4.31 Å². The van der Waals surface area contributed by atoms with Crippen molar-refractivity contribution in [1.29, 1.82) is 0 Å². The largest absolute Gasteiger partial charge is 0.489 e. The number of benzene rings is 2. The fourth-order valence-corrected chi connectivity index (χ4v) is 6.22. The van der Waals surface area contributed by atoms with Crippen LogP contribution in [-0.4, -0.2) is 84.1 Å². The van der Waals surface area contributed by atoms with Crippen molar-refractivity contribution >= 4 is 32.8 Å². The topological polar surface area (TPSA) is 129 Å². The summed E-state index contributed by atoms with van der Waals surface area (Å²) in [7, 11) is -3.32. The van der Waals surface area contributed by atoms with Crippen molar-refractivity contribution in [3.63, 3.8) is 0 Å². The fourth-order valence-electron chi connectivity index (χ4n) is 4.72. The molecule has 1 amide bonds. The van der Waals surface area contributed by atoms with Gasteiger partial charge in [-0.1, -0.05) is 25.1 Å². The monoisotopic (exact) mass is 554 g/mol. The van der Waals surface area contributed by atoms with Crippen molar-refractivity contribution in [1.82, 2.24) is 19.5 Å². The molecule has 39 heavy (non-hydrogen) atoms. The number of hydrogen-bond acceptors (Lipinski definition) is 7. The van der Waals surface area contributed by atoms with E-state index in [0.29, 0.717) is 24.3 Å². The predicted molar refractivity (Wildman–Crippen MR) is 148 cm³/mol. The van der Waals surface area contributed by atoms with E-state index in [-0.39, 0.29) is 38.5 Å². The molecular formula is C28H34N4O6S. The first kappa shape index (κ1) is 28.5. The van der Waals surface area contributed by atoms with Crippen LogP contribution in [-0.2, 0) is 21.4 Å². The number of fused-ring (bicyclic) bond motifs is 1. The summed E-state index contributed by atoms with van der Waals surface area (Å²) >= 11 is 0. The molecule has 208 valence electrons. The number of carbonyl (C=O) groups is 2. The molecule has 0 spiro atoms. The van der Waals surface area contributed by atoms with Crippen molar-refractivity contribution in [2.75, 3.05) is 38.5 Å². The van der Waals surface area contributed by atoms with Crippen molar-refractivity contribution in [3.05, 3.63) is 71.4 Å². The number of aliphatic carboxylic acids is 1. The van der Waals surface area contributed by atoms with Gasteiger partial charge < -0.3 is 15.2 Å². The lowest BCUT2D eigenvalue weighted by atomic mass is 10.1. The summed E-state index contributed by atoms with van der Waals surface area (Å²) in [5.74, 6) is -0.782. The second-order valence-corrected chi connectivity index (χ2v) is 11.7. The average Bonchev–Trinajstić information content (AvgIpc) is 2.92. The SMILES string of the molecule is CCCS(=O)(=O)N1CCN(C(CNC(=O)c2ccc(OCc3cc(C)nc4ccccc34)cc2)C(=O)O)CC1. The third-order valence-corrected chi connectivity index (χ3v) is 8.83. The van der Waals surface area contributed by atoms with Crippen LogP contribution in [0.5, 0.6) is 5.75 Å². The molecule has 1 aromatic heterocycles. The first-order valence-corrected chi connectivity index (χ1v) is 14.6. The third kappa shape index (κ3) is 7.11. The van der Waals surface area contributed by atoms with Gasteiger partial charge in [0.15, 0.2) is 0 Å². The van der Waals surface area contributed by atoms with E-state index in [1.807, 2.05) is 44.2 Å². The molecule has 1 aliphatic rings. The van der Waals surface area contributed by atoms with Crippen LogP contribution in [0.4, 0.5) is 0 Å². The summed E-state index contributed by atoms with van der Waals surface area (Å²) in [6, 6.07) is 15.6. The van der Waals surface area contributed by atoms with Gasteiger partial charge in [0.2, 0.25) is 10.0 Å². The van der Waals surface area contributed by atoms with Gasteiger partial charge in [-0.05, 0) is 49.7 Å². The van der Waals surface area contributed by atoms with Crippen molar-refractivity contribution in [3.8, 4) is 5.75 Å². The summed E-state index contributed by atoms with van der Waals surface area (Å²) in [5, 5.41) is 13.5. The Morgan fingerprint density at radius 1 is 1.08 bits per heavy atom. The van der Waals surface area contributed by atoms with Gasteiger partial charge in [0.25, 0.3) is 5.91 Å². The first-order chi connectivity index (χ1) is 18.7. The maximum Gasteiger partial charge on any atom is 0.322 e. The van der Waals surface area contributed by atoms with E-state index < -0.39 is 27.9 Å². The Bertz CT molecular complexity index is 1420. The van der Waals surface area contributed by atoms with Crippen LogP contribution < -0.4 is 10.1 Å². The van der Waals surface area contributed by atoms with E-state index in [0.717, 1.165) is 22.2 Å². The highest BCUT2D eigenvalue weighted by Gasteiger charge is 2.32. The highest BCUT2D eigenvalue weighted by Crippen LogP contribution is 2.21. The second-order valence-electron chi connectivity index (χ2n) is 9.57. The number of amides is 1. The Kier molecular flexibility index (Phi) is 9.16.